The minimum Gasteiger partial charge on any atom is -0.490 e. The van der Waals surface area contributed by atoms with Crippen molar-refractivity contribution in [3.05, 3.63) is 59.2 Å². The van der Waals surface area contributed by atoms with Crippen LogP contribution in [0.5, 0.6) is 11.5 Å². The normalized spacial score (nSPS) is 10.6. The van der Waals surface area contributed by atoms with Crippen LogP contribution in [0.1, 0.15) is 35.3 Å². The van der Waals surface area contributed by atoms with Crippen LogP contribution < -0.4 is 9.47 Å². The topological polar surface area (TPSA) is 72.8 Å². The number of carbonyl (C=O) groups excluding carboxylic acids is 1. The van der Waals surface area contributed by atoms with Gasteiger partial charge in [-0.3, -0.25) is 4.79 Å². The Morgan fingerprint density at radius 3 is 2.21 bits per heavy atom. The van der Waals surface area contributed by atoms with E-state index in [1.807, 2.05) is 25.1 Å². The van der Waals surface area contributed by atoms with Crippen LogP contribution in [-0.4, -0.2) is 23.7 Å². The molecule has 0 aliphatic rings. The van der Waals surface area contributed by atoms with Gasteiger partial charge in [0.25, 0.3) is 0 Å². The molecule has 0 bridgehead atoms. The van der Waals surface area contributed by atoms with Gasteiger partial charge < -0.3 is 14.6 Å². The maximum Gasteiger partial charge on any atom is 0.335 e. The van der Waals surface area contributed by atoms with Crippen molar-refractivity contribution in [2.45, 2.75) is 13.8 Å². The summed E-state index contributed by atoms with van der Waals surface area (Å²) in [6.45, 7) is 3.65. The number of carbonyl (C=O) groups is 2. The predicted molar refractivity (Wildman–Crippen MR) is 91.2 cm³/mol. The second kappa shape index (κ2) is 7.97. The summed E-state index contributed by atoms with van der Waals surface area (Å²) in [5, 5.41) is 8.89. The van der Waals surface area contributed by atoms with Gasteiger partial charge in [0.1, 0.15) is 0 Å². The molecule has 24 heavy (non-hydrogen) atoms. The summed E-state index contributed by atoms with van der Waals surface area (Å²) >= 11 is 0. The summed E-state index contributed by atoms with van der Waals surface area (Å²) < 4.78 is 10.6. The molecule has 0 fully saturated rings. The fourth-order valence-electron chi connectivity index (χ4n) is 2.07. The van der Waals surface area contributed by atoms with Gasteiger partial charge in [-0.1, -0.05) is 30.4 Å². The van der Waals surface area contributed by atoms with Crippen LogP contribution in [0.2, 0.25) is 0 Å². The molecule has 0 spiro atoms. The maximum absolute atomic E-state index is 11.1. The lowest BCUT2D eigenvalue weighted by molar-refractivity contribution is -0.132. The molecular formula is C19H18O5. The number of hydrogen-bond donors (Lipinski definition) is 1. The van der Waals surface area contributed by atoms with E-state index in [4.69, 9.17) is 14.6 Å². The number of carboxylic acids is 1. The van der Waals surface area contributed by atoms with Crippen molar-refractivity contribution in [2.24, 2.45) is 0 Å². The molecule has 0 atom stereocenters. The molecule has 0 aliphatic heterocycles. The van der Waals surface area contributed by atoms with E-state index < -0.39 is 11.9 Å². The van der Waals surface area contributed by atoms with Crippen molar-refractivity contribution in [3.8, 4) is 11.5 Å². The van der Waals surface area contributed by atoms with Crippen LogP contribution >= 0.6 is 0 Å². The molecule has 5 heteroatoms. The zero-order valence-electron chi connectivity index (χ0n) is 13.5. The quantitative estimate of drug-likeness (QED) is 0.495. The highest BCUT2D eigenvalue weighted by molar-refractivity contribution is 5.88. The average molecular weight is 326 g/mol. The highest BCUT2D eigenvalue weighted by atomic mass is 16.6. The Bertz CT molecular complexity index is 760. The van der Waals surface area contributed by atoms with Crippen molar-refractivity contribution < 1.29 is 24.2 Å². The molecule has 0 saturated carbocycles. The Kier molecular flexibility index (Phi) is 5.73. The van der Waals surface area contributed by atoms with Gasteiger partial charge in [0, 0.05) is 6.92 Å². The molecule has 2 aromatic rings. The van der Waals surface area contributed by atoms with E-state index in [1.165, 1.54) is 6.92 Å². The first-order valence-electron chi connectivity index (χ1n) is 7.46. The van der Waals surface area contributed by atoms with Crippen molar-refractivity contribution in [1.82, 2.24) is 0 Å². The SMILES string of the molecule is CCOc1cc(/C=C/c2ccc(C(=O)O)cc2)ccc1OC(C)=O. The van der Waals surface area contributed by atoms with Gasteiger partial charge in [0.2, 0.25) is 0 Å². The van der Waals surface area contributed by atoms with Gasteiger partial charge in [-0.2, -0.15) is 0 Å². The third-order valence-corrected chi connectivity index (χ3v) is 3.15. The largest absolute Gasteiger partial charge is 0.490 e. The van der Waals surface area contributed by atoms with Gasteiger partial charge in [-0.15, -0.1) is 0 Å². The minimum absolute atomic E-state index is 0.247. The molecule has 0 aromatic heterocycles. The Morgan fingerprint density at radius 2 is 1.62 bits per heavy atom. The standard InChI is InChI=1S/C19H18O5/c1-3-23-18-12-15(8-11-17(18)24-13(2)20)5-4-14-6-9-16(10-7-14)19(21)22/h4-12H,3H2,1-2H3,(H,21,22)/b5-4+. The maximum atomic E-state index is 11.1. The monoisotopic (exact) mass is 326 g/mol. The molecule has 5 nitrogen and oxygen atoms in total. The average Bonchev–Trinajstić information content (AvgIpc) is 2.55. The number of benzene rings is 2. The van der Waals surface area contributed by atoms with Crippen molar-refractivity contribution in [3.63, 3.8) is 0 Å². The fraction of sp³-hybridized carbons (Fsp3) is 0.158. The summed E-state index contributed by atoms with van der Waals surface area (Å²) in [6, 6.07) is 11.8. The first kappa shape index (κ1) is 17.3. The van der Waals surface area contributed by atoms with Crippen molar-refractivity contribution in [1.29, 1.82) is 0 Å². The molecular weight excluding hydrogens is 308 g/mol. The van der Waals surface area contributed by atoms with Crippen LogP contribution in [0.4, 0.5) is 0 Å². The fourth-order valence-corrected chi connectivity index (χ4v) is 2.07. The second-order valence-electron chi connectivity index (χ2n) is 4.99. The van der Waals surface area contributed by atoms with Gasteiger partial charge in [0.05, 0.1) is 12.2 Å². The molecule has 0 aliphatic carbocycles. The molecule has 2 rings (SSSR count). The lowest BCUT2D eigenvalue weighted by atomic mass is 10.1. The molecule has 0 radical (unpaired) electrons. The van der Waals surface area contributed by atoms with E-state index in [-0.39, 0.29) is 5.56 Å². The van der Waals surface area contributed by atoms with Crippen LogP contribution in [0.3, 0.4) is 0 Å². The van der Waals surface area contributed by atoms with Crippen molar-refractivity contribution >= 4 is 24.1 Å². The molecule has 0 saturated heterocycles. The van der Waals surface area contributed by atoms with Gasteiger partial charge in [-0.05, 0) is 42.3 Å². The van der Waals surface area contributed by atoms with Crippen LogP contribution in [0, 0.1) is 0 Å². The van der Waals surface area contributed by atoms with E-state index >= 15 is 0 Å². The summed E-state index contributed by atoms with van der Waals surface area (Å²) in [7, 11) is 0. The third kappa shape index (κ3) is 4.71. The molecule has 1 N–H and O–H groups in total. The smallest absolute Gasteiger partial charge is 0.335 e. The first-order valence-corrected chi connectivity index (χ1v) is 7.46. The van der Waals surface area contributed by atoms with E-state index in [0.717, 1.165) is 11.1 Å². The van der Waals surface area contributed by atoms with E-state index in [0.29, 0.717) is 18.1 Å². The summed E-state index contributed by atoms with van der Waals surface area (Å²) in [6.07, 6.45) is 3.73. The Morgan fingerprint density at radius 1 is 1.00 bits per heavy atom. The van der Waals surface area contributed by atoms with Gasteiger partial charge >= 0.3 is 11.9 Å². The third-order valence-electron chi connectivity index (χ3n) is 3.15. The lowest BCUT2D eigenvalue weighted by Crippen LogP contribution is -2.04. The summed E-state index contributed by atoms with van der Waals surface area (Å²) in [5.74, 6) is -0.478. The molecule has 0 heterocycles. The van der Waals surface area contributed by atoms with Crippen LogP contribution in [0.25, 0.3) is 12.2 Å². The number of aromatic carboxylic acids is 1. The molecule has 124 valence electrons. The molecule has 2 aromatic carbocycles. The van der Waals surface area contributed by atoms with Gasteiger partial charge in [0.15, 0.2) is 11.5 Å². The van der Waals surface area contributed by atoms with E-state index in [9.17, 15) is 9.59 Å². The summed E-state index contributed by atoms with van der Waals surface area (Å²) in [4.78, 5) is 21.9. The lowest BCUT2D eigenvalue weighted by Gasteiger charge is -2.10. The number of esters is 1. The Balaban J connectivity index is 2.20. The Labute approximate surface area is 140 Å². The molecule has 0 unspecified atom stereocenters. The highest BCUT2D eigenvalue weighted by Gasteiger charge is 2.08. The predicted octanol–water partition coefficient (Wildman–Crippen LogP) is 3.88. The zero-order valence-corrected chi connectivity index (χ0v) is 13.5. The number of ether oxygens (including phenoxy) is 2. The van der Waals surface area contributed by atoms with E-state index in [2.05, 4.69) is 0 Å². The molecule has 0 amide bonds. The summed E-state index contributed by atoms with van der Waals surface area (Å²) in [5.41, 5.74) is 2.00. The minimum atomic E-state index is -0.951. The Hall–Kier alpha value is -3.08. The van der Waals surface area contributed by atoms with Crippen LogP contribution in [0.15, 0.2) is 42.5 Å². The van der Waals surface area contributed by atoms with Gasteiger partial charge in [-0.25, -0.2) is 4.79 Å². The number of rotatable bonds is 6. The zero-order chi connectivity index (χ0) is 17.5. The second-order valence-corrected chi connectivity index (χ2v) is 4.99. The number of hydrogen-bond acceptors (Lipinski definition) is 4. The van der Waals surface area contributed by atoms with E-state index in [1.54, 1.807) is 36.4 Å². The first-order chi connectivity index (χ1) is 11.5. The highest BCUT2D eigenvalue weighted by Crippen LogP contribution is 2.29. The van der Waals surface area contributed by atoms with Crippen LogP contribution in [-0.2, 0) is 4.79 Å². The number of carboxylic acid groups (broad SMARTS) is 1. The van der Waals surface area contributed by atoms with Crippen molar-refractivity contribution in [2.75, 3.05) is 6.61 Å².